The molecule has 0 saturated carbocycles. The van der Waals surface area contributed by atoms with Crippen molar-refractivity contribution in [3.05, 3.63) is 35.4 Å². The van der Waals surface area contributed by atoms with E-state index in [0.717, 1.165) is 0 Å². The highest BCUT2D eigenvalue weighted by atomic mass is 14.9. The number of hydrogen-bond donors (Lipinski definition) is 1. The summed E-state index contributed by atoms with van der Waals surface area (Å²) in [5, 5.41) is 3.61. The van der Waals surface area contributed by atoms with Crippen molar-refractivity contribution in [1.82, 2.24) is 5.32 Å². The summed E-state index contributed by atoms with van der Waals surface area (Å²) in [7, 11) is 0. The van der Waals surface area contributed by atoms with Crippen LogP contribution in [0.25, 0.3) is 0 Å². The molecule has 0 amide bonds. The molecule has 94 valence electrons. The Hall–Kier alpha value is -0.820. The Morgan fingerprint density at radius 3 is 2.41 bits per heavy atom. The van der Waals surface area contributed by atoms with E-state index in [-0.39, 0.29) is 0 Å². The Morgan fingerprint density at radius 2 is 1.88 bits per heavy atom. The molecule has 1 saturated heterocycles. The van der Waals surface area contributed by atoms with Crippen LogP contribution in [0.4, 0.5) is 0 Å². The first-order valence-electron chi connectivity index (χ1n) is 6.97. The van der Waals surface area contributed by atoms with Crippen molar-refractivity contribution in [2.75, 3.05) is 6.54 Å². The third-order valence-electron chi connectivity index (χ3n) is 4.29. The van der Waals surface area contributed by atoms with Gasteiger partial charge in [0.15, 0.2) is 0 Å². The molecule has 1 N–H and O–H groups in total. The molecule has 1 aliphatic rings. The lowest BCUT2D eigenvalue weighted by atomic mass is 9.81. The third-order valence-corrected chi connectivity index (χ3v) is 4.29. The third kappa shape index (κ3) is 2.90. The van der Waals surface area contributed by atoms with E-state index in [2.05, 4.69) is 50.4 Å². The van der Waals surface area contributed by atoms with Crippen LogP contribution in [0.5, 0.6) is 0 Å². The van der Waals surface area contributed by atoms with Gasteiger partial charge in [-0.05, 0) is 42.3 Å². The maximum absolute atomic E-state index is 3.61. The summed E-state index contributed by atoms with van der Waals surface area (Å²) >= 11 is 0. The first-order valence-corrected chi connectivity index (χ1v) is 6.97. The summed E-state index contributed by atoms with van der Waals surface area (Å²) in [4.78, 5) is 0. The van der Waals surface area contributed by atoms with Crippen LogP contribution in [0.2, 0.25) is 0 Å². The van der Waals surface area contributed by atoms with Crippen LogP contribution in [-0.2, 0) is 5.41 Å². The fraction of sp³-hybridized carbons (Fsp3) is 0.625. The molecule has 0 bridgehead atoms. The van der Waals surface area contributed by atoms with Gasteiger partial charge in [-0.2, -0.15) is 0 Å². The molecule has 0 aliphatic carbocycles. The minimum Gasteiger partial charge on any atom is -0.310 e. The molecule has 1 aromatic rings. The molecule has 17 heavy (non-hydrogen) atoms. The van der Waals surface area contributed by atoms with Crippen molar-refractivity contribution in [1.29, 1.82) is 0 Å². The van der Waals surface area contributed by atoms with E-state index in [1.807, 2.05) is 0 Å². The van der Waals surface area contributed by atoms with Gasteiger partial charge in [-0.1, -0.05) is 51.5 Å². The fourth-order valence-corrected chi connectivity index (χ4v) is 2.51. The van der Waals surface area contributed by atoms with Crippen molar-refractivity contribution in [3.8, 4) is 0 Å². The van der Waals surface area contributed by atoms with Crippen molar-refractivity contribution in [3.63, 3.8) is 0 Å². The van der Waals surface area contributed by atoms with E-state index >= 15 is 0 Å². The molecule has 1 nitrogen and oxygen atoms in total. The second-order valence-corrected chi connectivity index (χ2v) is 5.86. The van der Waals surface area contributed by atoms with Gasteiger partial charge in [-0.15, -0.1) is 0 Å². The molecule has 0 aromatic heterocycles. The molecule has 0 radical (unpaired) electrons. The normalized spacial score (nSPS) is 21.5. The highest BCUT2D eigenvalue weighted by Crippen LogP contribution is 2.29. The van der Waals surface area contributed by atoms with Gasteiger partial charge in [0, 0.05) is 6.04 Å². The number of hydrogen-bond acceptors (Lipinski definition) is 1. The van der Waals surface area contributed by atoms with Crippen LogP contribution in [0.15, 0.2) is 24.3 Å². The maximum atomic E-state index is 3.61. The van der Waals surface area contributed by atoms with Crippen molar-refractivity contribution < 1.29 is 0 Å². The molecule has 1 unspecified atom stereocenters. The minimum absolute atomic E-state index is 0.304. The van der Waals surface area contributed by atoms with Crippen LogP contribution >= 0.6 is 0 Å². The highest BCUT2D eigenvalue weighted by molar-refractivity contribution is 5.29. The largest absolute Gasteiger partial charge is 0.310 e. The van der Waals surface area contributed by atoms with Crippen LogP contribution < -0.4 is 5.32 Å². The highest BCUT2D eigenvalue weighted by Gasteiger charge is 2.19. The Morgan fingerprint density at radius 1 is 1.18 bits per heavy atom. The number of nitrogens with one attached hydrogen (secondary N) is 1. The molecular formula is C16H25N. The second-order valence-electron chi connectivity index (χ2n) is 5.86. The van der Waals surface area contributed by atoms with Gasteiger partial charge >= 0.3 is 0 Å². The van der Waals surface area contributed by atoms with E-state index in [0.29, 0.717) is 11.5 Å². The standard InChI is InChI=1S/C16H25N/c1-4-16(2,3)14-10-8-13(9-11-14)15-7-5-6-12-17-15/h8-11,15,17H,4-7,12H2,1-3H3. The lowest BCUT2D eigenvalue weighted by Crippen LogP contribution is -2.26. The van der Waals surface area contributed by atoms with E-state index < -0.39 is 0 Å². The van der Waals surface area contributed by atoms with Gasteiger partial charge in [0.1, 0.15) is 0 Å². The minimum atomic E-state index is 0.304. The zero-order chi connectivity index (χ0) is 12.3. The maximum Gasteiger partial charge on any atom is 0.0320 e. The van der Waals surface area contributed by atoms with E-state index in [1.54, 1.807) is 0 Å². The van der Waals surface area contributed by atoms with Gasteiger partial charge in [-0.25, -0.2) is 0 Å². The first kappa shape index (κ1) is 12.6. The van der Waals surface area contributed by atoms with E-state index in [9.17, 15) is 0 Å². The lowest BCUT2D eigenvalue weighted by Gasteiger charge is -2.26. The predicted molar refractivity (Wildman–Crippen MR) is 74.4 cm³/mol. The second kappa shape index (κ2) is 5.22. The van der Waals surface area contributed by atoms with Crippen molar-refractivity contribution in [2.24, 2.45) is 0 Å². The molecule has 1 heteroatoms. The lowest BCUT2D eigenvalue weighted by molar-refractivity contribution is 0.412. The van der Waals surface area contributed by atoms with Gasteiger partial charge in [0.25, 0.3) is 0 Å². The Balaban J connectivity index is 2.12. The molecule has 1 atom stereocenters. The van der Waals surface area contributed by atoms with E-state index in [1.165, 1.54) is 43.4 Å². The summed E-state index contributed by atoms with van der Waals surface area (Å²) in [6, 6.07) is 9.85. The number of benzene rings is 1. The molecular weight excluding hydrogens is 206 g/mol. The Kier molecular flexibility index (Phi) is 3.88. The first-order chi connectivity index (χ1) is 8.13. The summed E-state index contributed by atoms with van der Waals surface area (Å²) in [6.07, 6.45) is 5.17. The summed E-state index contributed by atoms with van der Waals surface area (Å²) in [6.45, 7) is 8.07. The van der Waals surface area contributed by atoms with E-state index in [4.69, 9.17) is 0 Å². The quantitative estimate of drug-likeness (QED) is 0.822. The molecule has 2 rings (SSSR count). The Labute approximate surface area is 106 Å². The van der Waals surface area contributed by atoms with Crippen molar-refractivity contribution >= 4 is 0 Å². The van der Waals surface area contributed by atoms with Crippen molar-refractivity contribution in [2.45, 2.75) is 57.9 Å². The SMILES string of the molecule is CCC(C)(C)c1ccc(C2CCCCN2)cc1. The van der Waals surface area contributed by atoms with Gasteiger partial charge in [0.2, 0.25) is 0 Å². The summed E-state index contributed by atoms with van der Waals surface area (Å²) in [5.41, 5.74) is 3.22. The van der Waals surface area contributed by atoms with Crippen LogP contribution in [0.3, 0.4) is 0 Å². The van der Waals surface area contributed by atoms with Gasteiger partial charge < -0.3 is 5.32 Å². The number of rotatable bonds is 3. The monoisotopic (exact) mass is 231 g/mol. The van der Waals surface area contributed by atoms with Gasteiger partial charge in [-0.3, -0.25) is 0 Å². The zero-order valence-electron chi connectivity index (χ0n) is 11.4. The Bertz CT molecular complexity index is 344. The zero-order valence-corrected chi connectivity index (χ0v) is 11.4. The number of piperidine rings is 1. The summed E-state index contributed by atoms with van der Waals surface area (Å²) < 4.78 is 0. The van der Waals surface area contributed by atoms with Gasteiger partial charge in [0.05, 0.1) is 0 Å². The average molecular weight is 231 g/mol. The average Bonchev–Trinajstić information content (AvgIpc) is 2.40. The molecule has 1 aliphatic heterocycles. The van der Waals surface area contributed by atoms with Crippen LogP contribution in [0.1, 0.15) is 63.6 Å². The molecule has 1 aromatic carbocycles. The smallest absolute Gasteiger partial charge is 0.0320 e. The summed E-state index contributed by atoms with van der Waals surface area (Å²) in [5.74, 6) is 0. The predicted octanol–water partition coefficient (Wildman–Crippen LogP) is 4.19. The fourth-order valence-electron chi connectivity index (χ4n) is 2.51. The topological polar surface area (TPSA) is 12.0 Å². The molecule has 0 spiro atoms. The van der Waals surface area contributed by atoms with Crippen LogP contribution in [0, 0.1) is 0 Å². The van der Waals surface area contributed by atoms with Crippen LogP contribution in [-0.4, -0.2) is 6.54 Å². The molecule has 1 fully saturated rings. The molecule has 1 heterocycles.